The van der Waals surface area contributed by atoms with Crippen molar-refractivity contribution in [2.45, 2.75) is 25.8 Å². The topological polar surface area (TPSA) is 72.8 Å². The summed E-state index contributed by atoms with van der Waals surface area (Å²) in [6.07, 6.45) is 2.17. The van der Waals surface area contributed by atoms with Gasteiger partial charge in [-0.15, -0.1) is 0 Å². The first-order valence-electron chi connectivity index (χ1n) is 7.05. The third kappa shape index (κ3) is 3.29. The molecule has 1 unspecified atom stereocenters. The maximum Gasteiger partial charge on any atom is 0.254 e. The van der Waals surface area contributed by atoms with Crippen molar-refractivity contribution in [1.82, 2.24) is 10.2 Å². The summed E-state index contributed by atoms with van der Waals surface area (Å²) in [4.78, 5) is 14.2. The van der Waals surface area contributed by atoms with Gasteiger partial charge in [-0.3, -0.25) is 4.79 Å². The minimum atomic E-state index is -0.138. The molecule has 0 bridgehead atoms. The number of aliphatic hydroxyl groups excluding tert-OH is 1. The predicted octanol–water partition coefficient (Wildman–Crippen LogP) is 0.887. The number of aromatic hydroxyl groups is 1. The summed E-state index contributed by atoms with van der Waals surface area (Å²) in [5.41, 5.74) is 1.08. The molecule has 1 aromatic carbocycles. The zero-order valence-electron chi connectivity index (χ0n) is 11.8. The summed E-state index contributed by atoms with van der Waals surface area (Å²) in [5.74, 6) is -0.0139. The largest absolute Gasteiger partial charge is 0.508 e. The number of nitrogens with zero attached hydrogens (tertiary/aromatic N) is 1. The highest BCUT2D eigenvalue weighted by molar-refractivity contribution is 5.96. The predicted molar refractivity (Wildman–Crippen MR) is 76.9 cm³/mol. The molecule has 0 saturated carbocycles. The zero-order chi connectivity index (χ0) is 14.5. The molecular formula is C15H22N2O3. The van der Waals surface area contributed by atoms with E-state index in [1.54, 1.807) is 30.0 Å². The second-order valence-electron chi connectivity index (χ2n) is 5.22. The van der Waals surface area contributed by atoms with Gasteiger partial charge in [-0.25, -0.2) is 0 Å². The number of nitrogens with one attached hydrogen (secondary N) is 1. The minimum absolute atomic E-state index is 0.0592. The van der Waals surface area contributed by atoms with Gasteiger partial charge in [0.15, 0.2) is 0 Å². The molecular weight excluding hydrogens is 256 g/mol. The Morgan fingerprint density at radius 2 is 2.30 bits per heavy atom. The quantitative estimate of drug-likeness (QED) is 0.748. The van der Waals surface area contributed by atoms with Crippen LogP contribution in [0.25, 0.3) is 0 Å². The Morgan fingerprint density at radius 1 is 1.50 bits per heavy atom. The number of amides is 1. The van der Waals surface area contributed by atoms with Crippen LogP contribution >= 0.6 is 0 Å². The Kier molecular flexibility index (Phi) is 4.98. The van der Waals surface area contributed by atoms with Gasteiger partial charge in [-0.05, 0) is 38.4 Å². The van der Waals surface area contributed by atoms with Crippen LogP contribution in [-0.4, -0.2) is 53.3 Å². The fraction of sp³-hybridized carbons (Fsp3) is 0.533. The van der Waals surface area contributed by atoms with E-state index in [9.17, 15) is 9.90 Å². The van der Waals surface area contributed by atoms with Crippen molar-refractivity contribution in [3.8, 4) is 5.75 Å². The van der Waals surface area contributed by atoms with Gasteiger partial charge in [0.2, 0.25) is 0 Å². The van der Waals surface area contributed by atoms with Crippen LogP contribution in [0.5, 0.6) is 5.75 Å². The molecule has 5 heteroatoms. The van der Waals surface area contributed by atoms with E-state index in [2.05, 4.69) is 5.32 Å². The first-order valence-corrected chi connectivity index (χ1v) is 7.05. The first-order chi connectivity index (χ1) is 9.63. The summed E-state index contributed by atoms with van der Waals surface area (Å²) < 4.78 is 0. The van der Waals surface area contributed by atoms with E-state index >= 15 is 0 Å². The molecule has 0 radical (unpaired) electrons. The van der Waals surface area contributed by atoms with Crippen LogP contribution in [0.1, 0.15) is 28.8 Å². The second-order valence-corrected chi connectivity index (χ2v) is 5.22. The van der Waals surface area contributed by atoms with Crippen LogP contribution in [0, 0.1) is 6.92 Å². The Hall–Kier alpha value is -1.59. The van der Waals surface area contributed by atoms with Crippen LogP contribution < -0.4 is 5.32 Å². The molecule has 0 aromatic heterocycles. The number of aliphatic hydroxyl groups is 1. The van der Waals surface area contributed by atoms with Gasteiger partial charge < -0.3 is 20.4 Å². The first kappa shape index (κ1) is 14.8. The van der Waals surface area contributed by atoms with Crippen molar-refractivity contribution in [3.05, 3.63) is 29.3 Å². The zero-order valence-corrected chi connectivity index (χ0v) is 11.8. The van der Waals surface area contributed by atoms with E-state index in [-0.39, 0.29) is 18.3 Å². The Bertz CT molecular complexity index is 470. The summed E-state index contributed by atoms with van der Waals surface area (Å²) in [5, 5.41) is 22.2. The van der Waals surface area contributed by atoms with E-state index in [0.29, 0.717) is 30.3 Å². The number of hydrogen-bond donors (Lipinski definition) is 3. The highest BCUT2D eigenvalue weighted by Crippen LogP contribution is 2.21. The number of hydrogen-bond acceptors (Lipinski definition) is 4. The van der Waals surface area contributed by atoms with Crippen LogP contribution in [0.3, 0.4) is 0 Å². The normalized spacial score (nSPS) is 18.2. The fourth-order valence-electron chi connectivity index (χ4n) is 2.60. The lowest BCUT2D eigenvalue weighted by atomic mass is 10.1. The van der Waals surface area contributed by atoms with Crippen LogP contribution in [0.15, 0.2) is 18.2 Å². The number of benzene rings is 1. The maximum atomic E-state index is 12.6. The van der Waals surface area contributed by atoms with Crippen molar-refractivity contribution >= 4 is 5.91 Å². The summed E-state index contributed by atoms with van der Waals surface area (Å²) in [7, 11) is 0. The molecule has 1 fully saturated rings. The number of phenolic OH excluding ortho intramolecular Hbond substituents is 1. The molecule has 2 rings (SSSR count). The van der Waals surface area contributed by atoms with Gasteiger partial charge in [0.1, 0.15) is 5.75 Å². The summed E-state index contributed by atoms with van der Waals surface area (Å²) in [6.45, 7) is 3.56. The van der Waals surface area contributed by atoms with E-state index in [4.69, 9.17) is 5.11 Å². The molecule has 1 heterocycles. The summed E-state index contributed by atoms with van der Waals surface area (Å²) >= 11 is 0. The lowest BCUT2D eigenvalue weighted by Crippen LogP contribution is -2.42. The third-order valence-corrected chi connectivity index (χ3v) is 3.80. The lowest BCUT2D eigenvalue weighted by Gasteiger charge is -2.26. The Morgan fingerprint density at radius 3 is 2.95 bits per heavy atom. The second kappa shape index (κ2) is 6.72. The Balaban J connectivity index is 2.14. The van der Waals surface area contributed by atoms with Gasteiger partial charge >= 0.3 is 0 Å². The van der Waals surface area contributed by atoms with Gasteiger partial charge in [-0.2, -0.15) is 0 Å². The average Bonchev–Trinajstić information content (AvgIpc) is 2.94. The number of carbonyl (C=O) groups excluding carboxylic acids is 1. The monoisotopic (exact) mass is 278 g/mol. The molecule has 3 N–H and O–H groups in total. The SMILES string of the molecule is Cc1c(O)cccc1C(=O)N(CCO)CC1CCCN1. The van der Waals surface area contributed by atoms with Gasteiger partial charge in [-0.1, -0.05) is 6.07 Å². The van der Waals surface area contributed by atoms with Gasteiger partial charge in [0, 0.05) is 30.3 Å². The highest BCUT2D eigenvalue weighted by Gasteiger charge is 2.23. The van der Waals surface area contributed by atoms with E-state index in [1.165, 1.54) is 0 Å². The third-order valence-electron chi connectivity index (χ3n) is 3.80. The van der Waals surface area contributed by atoms with E-state index in [1.807, 2.05) is 0 Å². The fourth-order valence-corrected chi connectivity index (χ4v) is 2.60. The smallest absolute Gasteiger partial charge is 0.254 e. The average molecular weight is 278 g/mol. The van der Waals surface area contributed by atoms with Crippen LogP contribution in [0.2, 0.25) is 0 Å². The molecule has 0 spiro atoms. The van der Waals surface area contributed by atoms with Crippen LogP contribution in [-0.2, 0) is 0 Å². The number of carbonyl (C=O) groups is 1. The molecule has 0 aliphatic carbocycles. The molecule has 1 amide bonds. The molecule has 20 heavy (non-hydrogen) atoms. The van der Waals surface area contributed by atoms with Crippen molar-refractivity contribution in [2.24, 2.45) is 0 Å². The lowest BCUT2D eigenvalue weighted by molar-refractivity contribution is 0.0705. The molecule has 1 aliphatic heterocycles. The number of rotatable bonds is 5. The van der Waals surface area contributed by atoms with Crippen molar-refractivity contribution < 1.29 is 15.0 Å². The van der Waals surface area contributed by atoms with E-state index < -0.39 is 0 Å². The Labute approximate surface area is 119 Å². The highest BCUT2D eigenvalue weighted by atomic mass is 16.3. The number of phenols is 1. The standard InChI is InChI=1S/C15H22N2O3/c1-11-13(5-2-6-14(11)19)15(20)17(8-9-18)10-12-4-3-7-16-12/h2,5-6,12,16,18-19H,3-4,7-10H2,1H3. The van der Waals surface area contributed by atoms with E-state index in [0.717, 1.165) is 19.4 Å². The molecule has 5 nitrogen and oxygen atoms in total. The van der Waals surface area contributed by atoms with Crippen LogP contribution in [0.4, 0.5) is 0 Å². The molecule has 1 aliphatic rings. The van der Waals surface area contributed by atoms with Gasteiger partial charge in [0.25, 0.3) is 5.91 Å². The molecule has 1 atom stereocenters. The molecule has 1 saturated heterocycles. The van der Waals surface area contributed by atoms with Crippen molar-refractivity contribution in [3.63, 3.8) is 0 Å². The molecule has 110 valence electrons. The maximum absolute atomic E-state index is 12.6. The van der Waals surface area contributed by atoms with Gasteiger partial charge in [0.05, 0.1) is 6.61 Å². The van der Waals surface area contributed by atoms with Crippen molar-refractivity contribution in [2.75, 3.05) is 26.2 Å². The molecule has 1 aromatic rings. The van der Waals surface area contributed by atoms with Crippen molar-refractivity contribution in [1.29, 1.82) is 0 Å². The summed E-state index contributed by atoms with van der Waals surface area (Å²) in [6, 6.07) is 5.24. The minimum Gasteiger partial charge on any atom is -0.508 e.